The number of carboxylic acids is 1. The van der Waals surface area contributed by atoms with E-state index in [0.29, 0.717) is 11.8 Å². The number of aromatic carboxylic acids is 1. The van der Waals surface area contributed by atoms with Gasteiger partial charge in [0.05, 0.1) is 11.1 Å². The van der Waals surface area contributed by atoms with Crippen LogP contribution >= 0.6 is 0 Å². The van der Waals surface area contributed by atoms with Gasteiger partial charge in [0.25, 0.3) is 0 Å². The van der Waals surface area contributed by atoms with Crippen LogP contribution in [0.3, 0.4) is 0 Å². The van der Waals surface area contributed by atoms with Crippen LogP contribution in [0.4, 0.5) is 8.78 Å². The van der Waals surface area contributed by atoms with Gasteiger partial charge >= 0.3 is 5.97 Å². The summed E-state index contributed by atoms with van der Waals surface area (Å²) in [6.07, 6.45) is 2.34. The lowest BCUT2D eigenvalue weighted by molar-refractivity contribution is 0.0695. The van der Waals surface area contributed by atoms with Gasteiger partial charge in [0.1, 0.15) is 17.3 Å². The number of pyridine rings is 1. The van der Waals surface area contributed by atoms with Crippen molar-refractivity contribution in [1.82, 2.24) is 4.57 Å². The first-order valence-electron chi connectivity index (χ1n) is 6.50. The predicted molar refractivity (Wildman–Crippen MR) is 74.8 cm³/mol. The lowest BCUT2D eigenvalue weighted by Crippen LogP contribution is -2.22. The summed E-state index contributed by atoms with van der Waals surface area (Å²) in [7, 11) is 0. The molecule has 0 bridgehead atoms. The van der Waals surface area contributed by atoms with Crippen LogP contribution in [0.25, 0.3) is 16.6 Å². The monoisotopic (exact) mass is 307 g/mol. The van der Waals surface area contributed by atoms with Crippen LogP contribution in [0.15, 0.2) is 23.3 Å². The largest absolute Gasteiger partial charge is 0.477 e. The van der Waals surface area contributed by atoms with E-state index in [1.54, 1.807) is 0 Å². The van der Waals surface area contributed by atoms with Crippen molar-refractivity contribution in [3.63, 3.8) is 0 Å². The third-order valence-electron chi connectivity index (χ3n) is 3.54. The summed E-state index contributed by atoms with van der Waals surface area (Å²) in [6, 6.07) is 0.700. The molecule has 0 amide bonds. The Labute approximate surface area is 123 Å². The van der Waals surface area contributed by atoms with Crippen LogP contribution in [0.1, 0.15) is 24.2 Å². The fourth-order valence-electron chi connectivity index (χ4n) is 2.46. The second-order valence-corrected chi connectivity index (χ2v) is 5.26. The molecule has 2 aromatic rings. The molecule has 1 aliphatic rings. The smallest absolute Gasteiger partial charge is 0.341 e. The summed E-state index contributed by atoms with van der Waals surface area (Å²) in [5.74, 6) is -4.43. The second-order valence-electron chi connectivity index (χ2n) is 5.26. The Balaban J connectivity index is 2.55. The molecule has 7 heteroatoms. The molecule has 0 atom stereocenters. The van der Waals surface area contributed by atoms with Crippen molar-refractivity contribution in [1.29, 1.82) is 0 Å². The maximum atomic E-state index is 13.9. The van der Waals surface area contributed by atoms with Gasteiger partial charge in [-0.15, -0.1) is 0 Å². The van der Waals surface area contributed by atoms with Crippen molar-refractivity contribution >= 4 is 22.6 Å². The van der Waals surface area contributed by atoms with Crippen LogP contribution in [0.5, 0.6) is 5.75 Å². The molecule has 5 nitrogen and oxygen atoms in total. The molecular weight excluding hydrogens is 296 g/mol. The number of hydrogen-bond donors (Lipinski definition) is 1. The van der Waals surface area contributed by atoms with E-state index in [9.17, 15) is 18.4 Å². The molecular formula is C15H11F2NO4. The Morgan fingerprint density at radius 2 is 2.05 bits per heavy atom. The van der Waals surface area contributed by atoms with Crippen molar-refractivity contribution in [2.24, 2.45) is 5.92 Å². The summed E-state index contributed by atoms with van der Waals surface area (Å²) < 4.78 is 34.1. The summed E-state index contributed by atoms with van der Waals surface area (Å²) in [5, 5.41) is 8.91. The number of benzene rings is 1. The van der Waals surface area contributed by atoms with E-state index in [1.807, 2.05) is 13.8 Å². The molecule has 0 saturated heterocycles. The van der Waals surface area contributed by atoms with Crippen molar-refractivity contribution in [2.75, 3.05) is 0 Å². The molecule has 0 saturated carbocycles. The van der Waals surface area contributed by atoms with Crippen molar-refractivity contribution in [3.05, 3.63) is 45.9 Å². The number of nitrogens with zero attached hydrogens (tertiary/aromatic N) is 1. The van der Waals surface area contributed by atoms with Crippen molar-refractivity contribution < 1.29 is 23.4 Å². The summed E-state index contributed by atoms with van der Waals surface area (Å²) in [4.78, 5) is 23.4. The van der Waals surface area contributed by atoms with Crippen LogP contribution in [0, 0.1) is 17.6 Å². The topological polar surface area (TPSA) is 68.5 Å². The fourth-order valence-corrected chi connectivity index (χ4v) is 2.46. The molecule has 1 aliphatic heterocycles. The molecule has 2 heterocycles. The van der Waals surface area contributed by atoms with Crippen LogP contribution in [-0.2, 0) is 0 Å². The first kappa shape index (κ1) is 14.2. The Morgan fingerprint density at radius 3 is 2.64 bits per heavy atom. The maximum Gasteiger partial charge on any atom is 0.341 e. The van der Waals surface area contributed by atoms with Gasteiger partial charge in [-0.3, -0.25) is 4.79 Å². The third kappa shape index (κ3) is 1.82. The molecule has 0 fully saturated rings. The van der Waals surface area contributed by atoms with Crippen LogP contribution in [-0.4, -0.2) is 15.6 Å². The van der Waals surface area contributed by atoms with E-state index in [-0.39, 0.29) is 16.8 Å². The Morgan fingerprint density at radius 1 is 1.36 bits per heavy atom. The van der Waals surface area contributed by atoms with Gasteiger partial charge in [0.15, 0.2) is 11.6 Å². The summed E-state index contributed by atoms with van der Waals surface area (Å²) >= 11 is 0. The number of aromatic nitrogens is 1. The predicted octanol–water partition coefficient (Wildman–Crippen LogP) is 2.82. The molecule has 0 radical (unpaired) electrons. The van der Waals surface area contributed by atoms with Crippen LogP contribution in [0.2, 0.25) is 0 Å². The standard InChI is InChI=1S/C15H11F2NO4/c1-6(2)10-5-22-14-11(17)9(16)3-7-12(14)18(10)4-8(13(7)19)15(20)21/h3-6H,1-2H3,(H,20,21). The Kier molecular flexibility index (Phi) is 3.01. The van der Waals surface area contributed by atoms with E-state index in [1.165, 1.54) is 10.8 Å². The lowest BCUT2D eigenvalue weighted by Gasteiger charge is -2.24. The Hall–Kier alpha value is -2.70. The van der Waals surface area contributed by atoms with E-state index < -0.39 is 34.3 Å². The molecule has 0 aliphatic carbocycles. The van der Waals surface area contributed by atoms with E-state index >= 15 is 0 Å². The quantitative estimate of drug-likeness (QED) is 0.926. The average Bonchev–Trinajstić information content (AvgIpc) is 2.46. The number of allylic oxidation sites excluding steroid dienone is 1. The van der Waals surface area contributed by atoms with Gasteiger partial charge in [-0.05, 0) is 12.0 Å². The summed E-state index contributed by atoms with van der Waals surface area (Å²) in [6.45, 7) is 3.65. The van der Waals surface area contributed by atoms with Crippen LogP contribution < -0.4 is 10.2 Å². The minimum atomic E-state index is -1.43. The first-order chi connectivity index (χ1) is 10.3. The molecule has 0 unspecified atom stereocenters. The highest BCUT2D eigenvalue weighted by molar-refractivity contribution is 5.96. The van der Waals surface area contributed by atoms with E-state index in [4.69, 9.17) is 9.84 Å². The molecule has 1 aromatic heterocycles. The zero-order valence-electron chi connectivity index (χ0n) is 11.7. The molecule has 22 heavy (non-hydrogen) atoms. The van der Waals surface area contributed by atoms with Gasteiger partial charge in [0, 0.05) is 6.20 Å². The molecule has 1 aromatic carbocycles. The molecule has 3 rings (SSSR count). The van der Waals surface area contributed by atoms with Gasteiger partial charge in [-0.2, -0.15) is 4.39 Å². The van der Waals surface area contributed by atoms with Gasteiger partial charge in [-0.25, -0.2) is 9.18 Å². The van der Waals surface area contributed by atoms with Gasteiger partial charge in [0.2, 0.25) is 11.2 Å². The fraction of sp³-hybridized carbons (Fsp3) is 0.200. The highest BCUT2D eigenvalue weighted by Gasteiger charge is 2.27. The highest BCUT2D eigenvalue weighted by atomic mass is 19.2. The number of ether oxygens (including phenoxy) is 1. The normalized spacial score (nSPS) is 13.2. The lowest BCUT2D eigenvalue weighted by atomic mass is 10.1. The van der Waals surface area contributed by atoms with E-state index in [2.05, 4.69) is 0 Å². The second kappa shape index (κ2) is 4.66. The number of rotatable bonds is 2. The van der Waals surface area contributed by atoms with Crippen molar-refractivity contribution in [2.45, 2.75) is 13.8 Å². The number of carboxylic acid groups (broad SMARTS) is 1. The number of carbonyl (C=O) groups is 1. The third-order valence-corrected chi connectivity index (χ3v) is 3.54. The van der Waals surface area contributed by atoms with Gasteiger partial charge < -0.3 is 14.4 Å². The minimum absolute atomic E-state index is 0.0279. The molecule has 114 valence electrons. The zero-order valence-corrected chi connectivity index (χ0v) is 11.7. The number of hydrogen-bond acceptors (Lipinski definition) is 3. The van der Waals surface area contributed by atoms with Crippen molar-refractivity contribution in [3.8, 4) is 5.75 Å². The van der Waals surface area contributed by atoms with E-state index in [0.717, 1.165) is 6.20 Å². The summed E-state index contributed by atoms with van der Waals surface area (Å²) in [5.41, 5.74) is -0.837. The Bertz CT molecular complexity index is 912. The van der Waals surface area contributed by atoms with Gasteiger partial charge in [-0.1, -0.05) is 13.8 Å². The minimum Gasteiger partial charge on any atom is -0.477 e. The molecule has 1 N–H and O–H groups in total. The zero-order chi connectivity index (χ0) is 16.2. The SMILES string of the molecule is CC(C)C1=COc2c(F)c(F)cc3c(=O)c(C(=O)O)cn1c23. The average molecular weight is 307 g/mol. The maximum absolute atomic E-state index is 13.9. The first-order valence-corrected chi connectivity index (χ1v) is 6.50. The number of halogens is 2. The highest BCUT2D eigenvalue weighted by Crippen LogP contribution is 2.36. The molecule has 0 spiro atoms.